The summed E-state index contributed by atoms with van der Waals surface area (Å²) < 4.78 is 6.14. The van der Waals surface area contributed by atoms with Crippen LogP contribution in [0.25, 0.3) is 0 Å². The number of nitrogens with zero attached hydrogens (tertiary/aromatic N) is 1. The van der Waals surface area contributed by atoms with Crippen molar-refractivity contribution in [3.63, 3.8) is 0 Å². The molecule has 1 spiro atoms. The highest BCUT2D eigenvalue weighted by atomic mass is 35.5. The zero-order chi connectivity index (χ0) is 19.3. The van der Waals surface area contributed by atoms with Gasteiger partial charge in [0, 0.05) is 29.1 Å². The van der Waals surface area contributed by atoms with E-state index in [-0.39, 0.29) is 12.0 Å². The molecule has 5 rings (SSSR count). The molecule has 4 nitrogen and oxygen atoms in total. The Bertz CT molecular complexity index is 931. The van der Waals surface area contributed by atoms with Crippen LogP contribution in [0.15, 0.2) is 36.4 Å². The molecule has 2 aliphatic carbocycles. The van der Waals surface area contributed by atoms with Crippen LogP contribution >= 0.6 is 11.6 Å². The van der Waals surface area contributed by atoms with Gasteiger partial charge in [-0.25, -0.2) is 0 Å². The molecule has 5 heteroatoms. The van der Waals surface area contributed by atoms with Crippen molar-refractivity contribution in [1.29, 1.82) is 0 Å². The minimum absolute atomic E-state index is 0.146. The van der Waals surface area contributed by atoms with Gasteiger partial charge in [-0.1, -0.05) is 29.8 Å². The Balaban J connectivity index is 1.26. The van der Waals surface area contributed by atoms with Gasteiger partial charge in [-0.05, 0) is 66.5 Å². The summed E-state index contributed by atoms with van der Waals surface area (Å²) in [6.07, 6.45) is 4.53. The minimum Gasteiger partial charge on any atom is -0.489 e. The van der Waals surface area contributed by atoms with Crippen molar-refractivity contribution in [2.45, 2.75) is 38.2 Å². The van der Waals surface area contributed by atoms with E-state index < -0.39 is 5.97 Å². The third kappa shape index (κ3) is 3.40. The van der Waals surface area contributed by atoms with Crippen molar-refractivity contribution in [3.05, 3.63) is 63.7 Å². The summed E-state index contributed by atoms with van der Waals surface area (Å²) in [7, 11) is 0. The van der Waals surface area contributed by atoms with E-state index >= 15 is 0 Å². The normalized spacial score (nSPS) is 20.0. The zero-order valence-corrected chi connectivity index (χ0v) is 16.5. The van der Waals surface area contributed by atoms with Crippen molar-refractivity contribution in [2.24, 2.45) is 5.41 Å². The predicted octanol–water partition coefficient (Wildman–Crippen LogP) is 4.28. The molecule has 0 unspecified atom stereocenters. The van der Waals surface area contributed by atoms with Gasteiger partial charge in [0.2, 0.25) is 0 Å². The number of fused-ring (bicyclic) bond motifs is 1. The Morgan fingerprint density at radius 3 is 2.71 bits per heavy atom. The molecular weight excluding hydrogens is 374 g/mol. The third-order valence-corrected chi connectivity index (χ3v) is 6.70. The number of carboxylic acid groups (broad SMARTS) is 1. The lowest BCUT2D eigenvalue weighted by Crippen LogP contribution is -2.58. The van der Waals surface area contributed by atoms with Crippen LogP contribution < -0.4 is 4.74 Å². The first kappa shape index (κ1) is 18.0. The summed E-state index contributed by atoms with van der Waals surface area (Å²) in [6.45, 7) is 2.39. The minimum atomic E-state index is -0.744. The van der Waals surface area contributed by atoms with Gasteiger partial charge in [0.15, 0.2) is 0 Å². The predicted molar refractivity (Wildman–Crippen MR) is 108 cm³/mol. The van der Waals surface area contributed by atoms with Crippen LogP contribution in [0.1, 0.15) is 41.0 Å². The van der Waals surface area contributed by atoms with E-state index in [9.17, 15) is 4.79 Å². The van der Waals surface area contributed by atoms with E-state index in [0.717, 1.165) is 42.3 Å². The summed E-state index contributed by atoms with van der Waals surface area (Å²) in [5, 5.41) is 9.74. The van der Waals surface area contributed by atoms with Crippen molar-refractivity contribution < 1.29 is 14.6 Å². The van der Waals surface area contributed by atoms with E-state index in [2.05, 4.69) is 24.3 Å². The van der Waals surface area contributed by atoms with E-state index in [0.29, 0.717) is 12.5 Å². The fourth-order valence-electron chi connectivity index (χ4n) is 4.99. The number of rotatable bonds is 6. The van der Waals surface area contributed by atoms with E-state index in [1.54, 1.807) is 0 Å². The first-order valence-electron chi connectivity index (χ1n) is 9.97. The first-order chi connectivity index (χ1) is 13.5. The van der Waals surface area contributed by atoms with Gasteiger partial charge < -0.3 is 9.84 Å². The number of aliphatic carboxylic acids is 1. The van der Waals surface area contributed by atoms with Crippen molar-refractivity contribution >= 4 is 17.6 Å². The lowest BCUT2D eigenvalue weighted by Gasteiger charge is -2.47. The number of hydrogen-bond donors (Lipinski definition) is 1. The van der Waals surface area contributed by atoms with Crippen LogP contribution in [0.2, 0.25) is 5.02 Å². The Kier molecular flexibility index (Phi) is 4.37. The zero-order valence-electron chi connectivity index (χ0n) is 15.8. The van der Waals surface area contributed by atoms with Crippen LogP contribution in [0.3, 0.4) is 0 Å². The maximum Gasteiger partial charge on any atom is 0.317 e. The second-order valence-electron chi connectivity index (χ2n) is 8.69. The average molecular weight is 398 g/mol. The maximum absolute atomic E-state index is 10.9. The lowest BCUT2D eigenvalue weighted by molar-refractivity contribution is -0.141. The van der Waals surface area contributed by atoms with E-state index in [1.165, 1.54) is 29.5 Å². The molecule has 0 atom stereocenters. The number of benzene rings is 2. The van der Waals surface area contributed by atoms with Gasteiger partial charge in [-0.2, -0.15) is 0 Å². The number of carboxylic acids is 1. The number of halogens is 1. The Hall–Kier alpha value is -2.04. The molecule has 1 saturated carbocycles. The van der Waals surface area contributed by atoms with Gasteiger partial charge >= 0.3 is 5.97 Å². The topological polar surface area (TPSA) is 49.8 Å². The largest absolute Gasteiger partial charge is 0.489 e. The molecule has 1 N–H and O–H groups in total. The van der Waals surface area contributed by atoms with Gasteiger partial charge in [0.05, 0.1) is 6.54 Å². The second-order valence-corrected chi connectivity index (χ2v) is 9.10. The summed E-state index contributed by atoms with van der Waals surface area (Å²) >= 11 is 6.45. The molecule has 146 valence electrons. The molecule has 2 aromatic rings. The highest BCUT2D eigenvalue weighted by Gasteiger charge is 2.47. The molecule has 1 saturated heterocycles. The standard InChI is InChI=1S/C23H24ClNO3/c24-21-3-1-2-19(15-4-5-15)20(21)12-28-18-7-6-16-9-23(10-17(16)8-18)13-25(14-23)11-22(26)27/h1-3,6-8,15H,4-5,9-14H2,(H,26,27). The highest BCUT2D eigenvalue weighted by molar-refractivity contribution is 6.31. The molecule has 0 radical (unpaired) electrons. The Labute approximate surface area is 170 Å². The number of hydrogen-bond acceptors (Lipinski definition) is 3. The van der Waals surface area contributed by atoms with Crippen LogP contribution in [0, 0.1) is 5.41 Å². The molecule has 2 fully saturated rings. The molecule has 0 bridgehead atoms. The van der Waals surface area contributed by atoms with Crippen molar-refractivity contribution in [3.8, 4) is 5.75 Å². The van der Waals surface area contributed by atoms with Gasteiger partial charge in [0.1, 0.15) is 12.4 Å². The lowest BCUT2D eigenvalue weighted by atomic mass is 9.77. The summed E-state index contributed by atoms with van der Waals surface area (Å²) in [4.78, 5) is 12.9. The van der Waals surface area contributed by atoms with Crippen LogP contribution in [0.5, 0.6) is 5.75 Å². The summed E-state index contributed by atoms with van der Waals surface area (Å²) in [6, 6.07) is 12.5. The first-order valence-corrected chi connectivity index (χ1v) is 10.4. The monoisotopic (exact) mass is 397 g/mol. The SMILES string of the molecule is O=C(O)CN1CC2(Cc3ccc(OCc4c(Cl)cccc4C4CC4)cc3C2)C1. The molecular formula is C23H24ClNO3. The number of carbonyl (C=O) groups is 1. The number of ether oxygens (including phenoxy) is 1. The van der Waals surface area contributed by atoms with E-state index in [1.807, 2.05) is 17.0 Å². The second kappa shape index (κ2) is 6.78. The number of likely N-dealkylation sites (tertiary alicyclic amines) is 1. The molecule has 3 aliphatic rings. The highest BCUT2D eigenvalue weighted by Crippen LogP contribution is 2.45. The summed E-state index contributed by atoms with van der Waals surface area (Å²) in [5.74, 6) is 0.787. The van der Waals surface area contributed by atoms with Crippen molar-refractivity contribution in [1.82, 2.24) is 4.90 Å². The molecule has 2 aromatic carbocycles. The van der Waals surface area contributed by atoms with Crippen LogP contribution in [0.4, 0.5) is 0 Å². The smallest absolute Gasteiger partial charge is 0.317 e. The van der Waals surface area contributed by atoms with E-state index in [4.69, 9.17) is 21.4 Å². The fraction of sp³-hybridized carbons (Fsp3) is 0.435. The van der Waals surface area contributed by atoms with Crippen LogP contribution in [-0.2, 0) is 24.2 Å². The maximum atomic E-state index is 10.9. The third-order valence-electron chi connectivity index (χ3n) is 6.34. The molecule has 1 aliphatic heterocycles. The molecule has 28 heavy (non-hydrogen) atoms. The summed E-state index contributed by atoms with van der Waals surface area (Å²) in [5.41, 5.74) is 5.39. The van der Waals surface area contributed by atoms with Gasteiger partial charge in [0.25, 0.3) is 0 Å². The van der Waals surface area contributed by atoms with Crippen molar-refractivity contribution in [2.75, 3.05) is 19.6 Å². The quantitative estimate of drug-likeness (QED) is 0.790. The fourth-order valence-corrected chi connectivity index (χ4v) is 5.23. The van der Waals surface area contributed by atoms with Gasteiger partial charge in [-0.15, -0.1) is 0 Å². The van der Waals surface area contributed by atoms with Crippen LogP contribution in [-0.4, -0.2) is 35.6 Å². The molecule has 0 aromatic heterocycles. The molecule has 0 amide bonds. The Morgan fingerprint density at radius 1 is 1.18 bits per heavy atom. The van der Waals surface area contributed by atoms with Gasteiger partial charge in [-0.3, -0.25) is 9.69 Å². The molecule has 1 heterocycles. The Morgan fingerprint density at radius 2 is 1.96 bits per heavy atom. The average Bonchev–Trinajstić information content (AvgIpc) is 3.39.